The monoisotopic (exact) mass is 369 g/mol. The Bertz CT molecular complexity index is 895. The van der Waals surface area contributed by atoms with Gasteiger partial charge in [-0.3, -0.25) is 15.6 Å². The molecule has 0 aliphatic rings. The molecule has 5 nitrogen and oxygen atoms in total. The first-order chi connectivity index (χ1) is 12.3. The SMILES string of the molecule is Cc1ccc(OCC(=O)NNc2nc3ccccc3s2)c(C(C)(C)C)c1. The van der Waals surface area contributed by atoms with E-state index in [4.69, 9.17) is 4.74 Å². The number of nitrogens with one attached hydrogen (secondary N) is 2. The number of carbonyl (C=O) groups excluding carboxylic acids is 1. The molecule has 1 aromatic heterocycles. The fraction of sp³-hybridized carbons (Fsp3) is 0.300. The average molecular weight is 369 g/mol. The molecule has 0 aliphatic heterocycles. The molecular weight excluding hydrogens is 346 g/mol. The Hall–Kier alpha value is -2.60. The number of rotatable bonds is 5. The molecule has 3 aromatic rings. The summed E-state index contributed by atoms with van der Waals surface area (Å²) in [5.74, 6) is 0.475. The number of ether oxygens (including phenoxy) is 1. The number of carbonyl (C=O) groups is 1. The Kier molecular flexibility index (Phi) is 5.13. The molecule has 26 heavy (non-hydrogen) atoms. The van der Waals surface area contributed by atoms with Crippen LogP contribution in [-0.4, -0.2) is 17.5 Å². The highest BCUT2D eigenvalue weighted by Gasteiger charge is 2.19. The second-order valence-corrected chi connectivity index (χ2v) is 8.23. The molecule has 0 spiro atoms. The molecule has 2 N–H and O–H groups in total. The maximum Gasteiger partial charge on any atom is 0.276 e. The van der Waals surface area contributed by atoms with Gasteiger partial charge in [-0.15, -0.1) is 0 Å². The molecule has 3 rings (SSSR count). The quantitative estimate of drug-likeness (QED) is 0.653. The number of thiazole rings is 1. The normalized spacial score (nSPS) is 11.4. The average Bonchev–Trinajstić information content (AvgIpc) is 3.01. The van der Waals surface area contributed by atoms with Crippen LogP contribution in [0.3, 0.4) is 0 Å². The van der Waals surface area contributed by atoms with Gasteiger partial charge < -0.3 is 4.74 Å². The van der Waals surface area contributed by atoms with Crippen LogP contribution in [0.1, 0.15) is 31.9 Å². The second kappa shape index (κ2) is 7.33. The Balaban J connectivity index is 1.59. The number of hydrogen-bond donors (Lipinski definition) is 2. The zero-order valence-corrected chi connectivity index (χ0v) is 16.2. The molecule has 0 saturated carbocycles. The fourth-order valence-corrected chi connectivity index (χ4v) is 3.40. The lowest BCUT2D eigenvalue weighted by Crippen LogP contribution is -2.33. The van der Waals surface area contributed by atoms with Gasteiger partial charge in [0, 0.05) is 0 Å². The predicted octanol–water partition coefficient (Wildman–Crippen LogP) is 4.42. The molecule has 0 unspecified atom stereocenters. The molecule has 136 valence electrons. The van der Waals surface area contributed by atoms with Crippen LogP contribution in [0.5, 0.6) is 5.75 Å². The van der Waals surface area contributed by atoms with Gasteiger partial charge in [0.05, 0.1) is 10.2 Å². The van der Waals surface area contributed by atoms with Crippen molar-refractivity contribution in [1.82, 2.24) is 10.4 Å². The van der Waals surface area contributed by atoms with E-state index in [0.717, 1.165) is 21.5 Å². The lowest BCUT2D eigenvalue weighted by molar-refractivity contribution is -0.122. The van der Waals surface area contributed by atoms with Crippen molar-refractivity contribution in [3.63, 3.8) is 0 Å². The minimum atomic E-state index is -0.260. The summed E-state index contributed by atoms with van der Waals surface area (Å²) in [6, 6.07) is 13.8. The zero-order chi connectivity index (χ0) is 18.7. The summed E-state index contributed by atoms with van der Waals surface area (Å²) in [6.07, 6.45) is 0. The molecule has 0 atom stereocenters. The molecular formula is C20H23N3O2S. The molecule has 0 radical (unpaired) electrons. The van der Waals surface area contributed by atoms with Crippen LogP contribution in [0.25, 0.3) is 10.2 Å². The molecule has 0 bridgehead atoms. The fourth-order valence-electron chi connectivity index (χ4n) is 2.58. The summed E-state index contributed by atoms with van der Waals surface area (Å²) in [7, 11) is 0. The minimum Gasteiger partial charge on any atom is -0.483 e. The Labute approximate surface area is 157 Å². The topological polar surface area (TPSA) is 63.2 Å². The number of para-hydroxylation sites is 1. The van der Waals surface area contributed by atoms with Crippen molar-refractivity contribution in [1.29, 1.82) is 0 Å². The number of hydrogen-bond acceptors (Lipinski definition) is 5. The van der Waals surface area contributed by atoms with Crippen LogP contribution in [0.4, 0.5) is 5.13 Å². The van der Waals surface area contributed by atoms with Crippen molar-refractivity contribution in [3.05, 3.63) is 53.6 Å². The minimum absolute atomic E-state index is 0.0585. The van der Waals surface area contributed by atoms with Crippen molar-refractivity contribution in [3.8, 4) is 5.75 Å². The first-order valence-electron chi connectivity index (χ1n) is 8.47. The molecule has 0 saturated heterocycles. The largest absolute Gasteiger partial charge is 0.483 e. The van der Waals surface area contributed by atoms with E-state index in [1.54, 1.807) is 0 Å². The predicted molar refractivity (Wildman–Crippen MR) is 107 cm³/mol. The maximum absolute atomic E-state index is 12.1. The van der Waals surface area contributed by atoms with Gasteiger partial charge >= 0.3 is 0 Å². The second-order valence-electron chi connectivity index (χ2n) is 7.20. The highest BCUT2D eigenvalue weighted by molar-refractivity contribution is 7.22. The molecule has 2 aromatic carbocycles. The van der Waals surface area contributed by atoms with E-state index < -0.39 is 0 Å². The highest BCUT2D eigenvalue weighted by Crippen LogP contribution is 2.32. The standard InChI is InChI=1S/C20H23N3O2S/c1-13-9-10-16(14(11-13)20(2,3)4)25-12-18(24)22-23-19-21-15-7-5-6-8-17(15)26-19/h5-11H,12H2,1-4H3,(H,21,23)(H,22,24). The third-order valence-corrected chi connectivity index (χ3v) is 4.86. The summed E-state index contributed by atoms with van der Waals surface area (Å²) < 4.78 is 6.82. The number of amides is 1. The van der Waals surface area contributed by atoms with Gasteiger partial charge in [-0.1, -0.05) is 61.9 Å². The van der Waals surface area contributed by atoms with Crippen molar-refractivity contribution in [2.45, 2.75) is 33.1 Å². The summed E-state index contributed by atoms with van der Waals surface area (Å²) in [5.41, 5.74) is 8.59. The van der Waals surface area contributed by atoms with Gasteiger partial charge in [0.25, 0.3) is 5.91 Å². The smallest absolute Gasteiger partial charge is 0.276 e. The van der Waals surface area contributed by atoms with E-state index in [1.807, 2.05) is 43.3 Å². The van der Waals surface area contributed by atoms with E-state index in [2.05, 4.69) is 42.7 Å². The van der Waals surface area contributed by atoms with Crippen molar-refractivity contribution < 1.29 is 9.53 Å². The zero-order valence-electron chi connectivity index (χ0n) is 15.4. The number of anilines is 1. The molecule has 1 heterocycles. The van der Waals surface area contributed by atoms with Gasteiger partial charge in [0.15, 0.2) is 6.61 Å². The lowest BCUT2D eigenvalue weighted by Gasteiger charge is -2.23. The van der Waals surface area contributed by atoms with Gasteiger partial charge in [0.2, 0.25) is 5.13 Å². The van der Waals surface area contributed by atoms with Crippen LogP contribution in [0.15, 0.2) is 42.5 Å². The molecule has 6 heteroatoms. The molecule has 1 amide bonds. The van der Waals surface area contributed by atoms with Crippen molar-refractivity contribution in [2.24, 2.45) is 0 Å². The lowest BCUT2D eigenvalue weighted by atomic mass is 9.85. The summed E-state index contributed by atoms with van der Waals surface area (Å²) in [6.45, 7) is 8.37. The van der Waals surface area contributed by atoms with Crippen LogP contribution in [-0.2, 0) is 10.2 Å². The van der Waals surface area contributed by atoms with Crippen LogP contribution >= 0.6 is 11.3 Å². The van der Waals surface area contributed by atoms with Crippen molar-refractivity contribution >= 4 is 32.6 Å². The van der Waals surface area contributed by atoms with E-state index in [9.17, 15) is 4.79 Å². The number of fused-ring (bicyclic) bond motifs is 1. The van der Waals surface area contributed by atoms with Gasteiger partial charge in [-0.25, -0.2) is 4.98 Å². The summed E-state index contributed by atoms with van der Waals surface area (Å²) in [5, 5.41) is 0.644. The molecule has 0 fully saturated rings. The van der Waals surface area contributed by atoms with Gasteiger partial charge in [-0.2, -0.15) is 0 Å². The highest BCUT2D eigenvalue weighted by atomic mass is 32.1. The number of hydrazine groups is 1. The van der Waals surface area contributed by atoms with Crippen LogP contribution in [0, 0.1) is 6.92 Å². The Morgan fingerprint density at radius 1 is 1.19 bits per heavy atom. The number of nitrogens with zero attached hydrogens (tertiary/aromatic N) is 1. The third kappa shape index (κ3) is 4.32. The van der Waals surface area contributed by atoms with Gasteiger partial charge in [0.1, 0.15) is 5.75 Å². The van der Waals surface area contributed by atoms with Crippen LogP contribution < -0.4 is 15.6 Å². The number of aromatic nitrogens is 1. The number of aryl methyl sites for hydroxylation is 1. The summed E-state index contributed by atoms with van der Waals surface area (Å²) in [4.78, 5) is 16.5. The first kappa shape index (κ1) is 18.2. The number of benzene rings is 2. The summed E-state index contributed by atoms with van der Waals surface area (Å²) >= 11 is 1.48. The first-order valence-corrected chi connectivity index (χ1v) is 9.29. The van der Waals surface area contributed by atoms with E-state index in [1.165, 1.54) is 16.9 Å². The van der Waals surface area contributed by atoms with E-state index in [-0.39, 0.29) is 17.9 Å². The van der Waals surface area contributed by atoms with Crippen molar-refractivity contribution in [2.75, 3.05) is 12.0 Å². The van der Waals surface area contributed by atoms with E-state index >= 15 is 0 Å². The Morgan fingerprint density at radius 3 is 2.69 bits per heavy atom. The Morgan fingerprint density at radius 2 is 1.96 bits per heavy atom. The van der Waals surface area contributed by atoms with Gasteiger partial charge in [-0.05, 0) is 36.1 Å². The van der Waals surface area contributed by atoms with Crippen LogP contribution in [0.2, 0.25) is 0 Å². The van der Waals surface area contributed by atoms with E-state index in [0.29, 0.717) is 5.13 Å². The maximum atomic E-state index is 12.1. The molecule has 0 aliphatic carbocycles. The third-order valence-electron chi connectivity index (χ3n) is 3.90.